The van der Waals surface area contributed by atoms with Crippen molar-refractivity contribution in [2.75, 3.05) is 31.5 Å². The number of rotatable bonds is 7. The number of unbranched alkanes of at least 4 members (excludes halogenated alkanes) is 2. The van der Waals surface area contributed by atoms with Crippen molar-refractivity contribution in [3.8, 4) is 0 Å². The number of anilines is 1. The van der Waals surface area contributed by atoms with Crippen LogP contribution in [0.25, 0.3) is 0 Å². The molecule has 5 heteroatoms. The number of hydrogen-bond acceptors (Lipinski definition) is 4. The number of carbonyl (C=O) groups is 1. The van der Waals surface area contributed by atoms with Crippen LogP contribution in [-0.2, 0) is 4.74 Å². The lowest BCUT2D eigenvalue weighted by molar-refractivity contribution is -0.0586. The molecule has 1 aliphatic heterocycles. The van der Waals surface area contributed by atoms with Gasteiger partial charge in [0.1, 0.15) is 0 Å². The number of ether oxygens (including phenoxy) is 1. The Hall–Kier alpha value is -1.59. The van der Waals surface area contributed by atoms with Gasteiger partial charge in [-0.05, 0) is 51.4 Å². The van der Waals surface area contributed by atoms with Gasteiger partial charge in [0.15, 0.2) is 0 Å². The van der Waals surface area contributed by atoms with Crippen LogP contribution in [0.15, 0.2) is 24.3 Å². The molecule has 1 fully saturated rings. The second-order valence-electron chi connectivity index (χ2n) is 6.32. The topological polar surface area (TPSA) is 67.6 Å². The van der Waals surface area contributed by atoms with Crippen molar-refractivity contribution in [2.24, 2.45) is 5.73 Å². The van der Waals surface area contributed by atoms with Gasteiger partial charge in [0.05, 0.1) is 12.2 Å². The van der Waals surface area contributed by atoms with Crippen molar-refractivity contribution >= 4 is 11.6 Å². The van der Waals surface area contributed by atoms with Crippen LogP contribution in [0.2, 0.25) is 0 Å². The molecule has 128 valence electrons. The first-order valence-corrected chi connectivity index (χ1v) is 8.59. The van der Waals surface area contributed by atoms with Gasteiger partial charge in [-0.2, -0.15) is 0 Å². The fourth-order valence-electron chi connectivity index (χ4n) is 2.97. The summed E-state index contributed by atoms with van der Waals surface area (Å²) in [6.45, 7) is 6.98. The number of amides is 1. The van der Waals surface area contributed by atoms with E-state index < -0.39 is 0 Å². The van der Waals surface area contributed by atoms with Crippen LogP contribution < -0.4 is 11.1 Å². The lowest BCUT2D eigenvalue weighted by atomic mass is 10.1. The molecule has 2 atom stereocenters. The third kappa shape index (κ3) is 5.52. The van der Waals surface area contributed by atoms with E-state index in [1.54, 1.807) is 0 Å². The van der Waals surface area contributed by atoms with Crippen molar-refractivity contribution in [1.29, 1.82) is 0 Å². The van der Waals surface area contributed by atoms with Crippen LogP contribution in [0.1, 0.15) is 43.5 Å². The Balaban J connectivity index is 1.91. The third-order valence-electron chi connectivity index (χ3n) is 4.03. The molecule has 0 aliphatic carbocycles. The van der Waals surface area contributed by atoms with Gasteiger partial charge in [0.2, 0.25) is 0 Å². The molecule has 0 aromatic heterocycles. The Morgan fingerprint density at radius 1 is 1.26 bits per heavy atom. The summed E-state index contributed by atoms with van der Waals surface area (Å²) in [5.74, 6) is 0.0822. The Morgan fingerprint density at radius 2 is 2.00 bits per heavy atom. The Bertz CT molecular complexity index is 497. The van der Waals surface area contributed by atoms with E-state index in [4.69, 9.17) is 10.5 Å². The van der Waals surface area contributed by atoms with Crippen molar-refractivity contribution in [3.63, 3.8) is 0 Å². The highest BCUT2D eigenvalue weighted by molar-refractivity contribution is 5.95. The summed E-state index contributed by atoms with van der Waals surface area (Å²) >= 11 is 0. The molecule has 1 aromatic carbocycles. The lowest BCUT2D eigenvalue weighted by Crippen LogP contribution is -2.48. The van der Waals surface area contributed by atoms with E-state index in [-0.39, 0.29) is 18.1 Å². The first-order valence-electron chi connectivity index (χ1n) is 8.59. The molecular weight excluding hydrogens is 290 g/mol. The molecular formula is C18H29N3O2. The Kier molecular flexibility index (Phi) is 6.86. The molecule has 1 aromatic rings. The van der Waals surface area contributed by atoms with Crippen molar-refractivity contribution < 1.29 is 9.53 Å². The highest BCUT2D eigenvalue weighted by Gasteiger charge is 2.26. The van der Waals surface area contributed by atoms with Crippen LogP contribution in [-0.4, -0.2) is 49.2 Å². The summed E-state index contributed by atoms with van der Waals surface area (Å²) in [6, 6.07) is 7.76. The molecule has 1 amide bonds. The minimum absolute atomic E-state index is 0.0822. The van der Waals surface area contributed by atoms with Crippen LogP contribution in [0.3, 0.4) is 0 Å². The fraction of sp³-hybridized carbons (Fsp3) is 0.611. The SMILES string of the molecule is C[C@@H]1CN(C(=O)c2cccc(NCCCCCN)c2)C[C@H](C)O1. The highest BCUT2D eigenvalue weighted by atomic mass is 16.5. The maximum absolute atomic E-state index is 12.7. The van der Waals surface area contributed by atoms with Gasteiger partial charge in [0, 0.05) is 30.9 Å². The quantitative estimate of drug-likeness (QED) is 0.758. The molecule has 0 radical (unpaired) electrons. The lowest BCUT2D eigenvalue weighted by Gasteiger charge is -2.35. The van der Waals surface area contributed by atoms with Gasteiger partial charge in [-0.15, -0.1) is 0 Å². The van der Waals surface area contributed by atoms with E-state index in [0.29, 0.717) is 13.1 Å². The van der Waals surface area contributed by atoms with Gasteiger partial charge in [0.25, 0.3) is 5.91 Å². The predicted molar refractivity (Wildman–Crippen MR) is 93.7 cm³/mol. The standard InChI is InChI=1S/C18H29N3O2/c1-14-12-21(13-15(2)23-14)18(22)16-7-6-8-17(11-16)20-10-5-3-4-9-19/h6-8,11,14-15,20H,3-5,9-10,12-13,19H2,1-2H3/t14-,15+. The average molecular weight is 319 g/mol. The minimum Gasteiger partial charge on any atom is -0.385 e. The van der Waals surface area contributed by atoms with Crippen molar-refractivity contribution in [1.82, 2.24) is 4.90 Å². The largest absolute Gasteiger partial charge is 0.385 e. The second-order valence-corrected chi connectivity index (χ2v) is 6.32. The van der Waals surface area contributed by atoms with Crippen molar-refractivity contribution in [2.45, 2.75) is 45.3 Å². The summed E-state index contributed by atoms with van der Waals surface area (Å²) in [6.07, 6.45) is 3.46. The van der Waals surface area contributed by atoms with E-state index in [1.165, 1.54) is 0 Å². The molecule has 5 nitrogen and oxygen atoms in total. The zero-order chi connectivity index (χ0) is 16.7. The molecule has 0 saturated carbocycles. The maximum atomic E-state index is 12.7. The molecule has 0 unspecified atom stereocenters. The van der Waals surface area contributed by atoms with Gasteiger partial charge in [-0.3, -0.25) is 4.79 Å². The fourth-order valence-corrected chi connectivity index (χ4v) is 2.97. The number of nitrogens with zero attached hydrogens (tertiary/aromatic N) is 1. The van der Waals surface area contributed by atoms with Crippen LogP contribution in [0, 0.1) is 0 Å². The van der Waals surface area contributed by atoms with Gasteiger partial charge in [-0.1, -0.05) is 12.5 Å². The summed E-state index contributed by atoms with van der Waals surface area (Å²) < 4.78 is 5.70. The summed E-state index contributed by atoms with van der Waals surface area (Å²) in [5, 5.41) is 3.38. The molecule has 0 spiro atoms. The second kappa shape index (κ2) is 8.89. The smallest absolute Gasteiger partial charge is 0.254 e. The van der Waals surface area contributed by atoms with Gasteiger partial charge >= 0.3 is 0 Å². The third-order valence-corrected chi connectivity index (χ3v) is 4.03. The number of hydrogen-bond donors (Lipinski definition) is 2. The number of morpholine rings is 1. The molecule has 3 N–H and O–H groups in total. The van der Waals surface area contributed by atoms with E-state index in [2.05, 4.69) is 5.32 Å². The molecule has 1 saturated heterocycles. The van der Waals surface area contributed by atoms with Crippen LogP contribution in [0.5, 0.6) is 0 Å². The summed E-state index contributed by atoms with van der Waals surface area (Å²) in [5.41, 5.74) is 7.23. The Morgan fingerprint density at radius 3 is 2.70 bits per heavy atom. The molecule has 23 heavy (non-hydrogen) atoms. The normalized spacial score (nSPS) is 21.3. The number of carbonyl (C=O) groups excluding carboxylic acids is 1. The maximum Gasteiger partial charge on any atom is 0.254 e. The molecule has 1 aliphatic rings. The first kappa shape index (κ1) is 17.8. The average Bonchev–Trinajstić information content (AvgIpc) is 2.53. The van der Waals surface area contributed by atoms with E-state index in [1.807, 2.05) is 43.0 Å². The van der Waals surface area contributed by atoms with Crippen LogP contribution >= 0.6 is 0 Å². The zero-order valence-electron chi connectivity index (χ0n) is 14.3. The Labute approximate surface area is 139 Å². The van der Waals surface area contributed by atoms with E-state index in [9.17, 15) is 4.79 Å². The zero-order valence-corrected chi connectivity index (χ0v) is 14.3. The monoisotopic (exact) mass is 319 g/mol. The van der Waals surface area contributed by atoms with Gasteiger partial charge in [-0.25, -0.2) is 0 Å². The molecule has 2 rings (SSSR count). The van der Waals surface area contributed by atoms with Crippen LogP contribution in [0.4, 0.5) is 5.69 Å². The first-order chi connectivity index (χ1) is 11.1. The highest BCUT2D eigenvalue weighted by Crippen LogP contribution is 2.17. The van der Waals surface area contributed by atoms with E-state index in [0.717, 1.165) is 43.6 Å². The number of benzene rings is 1. The van der Waals surface area contributed by atoms with E-state index >= 15 is 0 Å². The number of nitrogens with one attached hydrogen (secondary N) is 1. The summed E-state index contributed by atoms with van der Waals surface area (Å²) in [7, 11) is 0. The van der Waals surface area contributed by atoms with Gasteiger partial charge < -0.3 is 20.7 Å². The molecule has 1 heterocycles. The van der Waals surface area contributed by atoms with Crippen molar-refractivity contribution in [3.05, 3.63) is 29.8 Å². The predicted octanol–water partition coefficient (Wildman–Crippen LogP) is 2.48. The molecule has 0 bridgehead atoms. The summed E-state index contributed by atoms with van der Waals surface area (Å²) in [4.78, 5) is 14.6. The minimum atomic E-state index is 0.0822. The number of nitrogens with two attached hydrogens (primary N) is 1.